The van der Waals surface area contributed by atoms with Gasteiger partial charge in [-0.25, -0.2) is 0 Å². The molecule has 0 heterocycles. The van der Waals surface area contributed by atoms with Crippen molar-refractivity contribution in [3.63, 3.8) is 0 Å². The number of nitrogens with one attached hydrogen (secondary N) is 1. The predicted octanol–water partition coefficient (Wildman–Crippen LogP) is 1.91. The number of methoxy groups -OCH3 is 1. The normalized spacial score (nSPS) is 29.9. The van der Waals surface area contributed by atoms with Crippen LogP contribution in [0.3, 0.4) is 0 Å². The first kappa shape index (κ1) is 14.7. The van der Waals surface area contributed by atoms with Gasteiger partial charge in [0.25, 0.3) is 0 Å². The summed E-state index contributed by atoms with van der Waals surface area (Å²) in [5.74, 6) is 0.0219. The lowest BCUT2D eigenvalue weighted by atomic mass is 9.73. The molecule has 0 aliphatic heterocycles. The fourth-order valence-electron chi connectivity index (χ4n) is 3.42. The maximum absolute atomic E-state index is 12.6. The fraction of sp³-hybridized carbons (Fsp3) is 0.857. The van der Waals surface area contributed by atoms with E-state index in [1.165, 1.54) is 6.42 Å². The lowest BCUT2D eigenvalue weighted by molar-refractivity contribution is -0.130. The summed E-state index contributed by atoms with van der Waals surface area (Å²) in [6, 6.07) is 0.116. The Labute approximate surface area is 120 Å². The second-order valence-corrected chi connectivity index (χ2v) is 6.23. The molecule has 0 bridgehead atoms. The molecule has 0 saturated heterocycles. The van der Waals surface area contributed by atoms with Crippen LogP contribution in [0, 0.1) is 5.41 Å². The van der Waals surface area contributed by atoms with E-state index in [1.807, 2.05) is 0 Å². The second kappa shape index (κ2) is 6.18. The van der Waals surface area contributed by atoms with E-state index in [0.717, 1.165) is 44.9 Å². The third kappa shape index (κ3) is 2.92. The smallest absolute Gasteiger partial charge is 0.233 e. The van der Waals surface area contributed by atoms with Crippen LogP contribution in [0.15, 0.2) is 0 Å². The van der Waals surface area contributed by atoms with Crippen molar-refractivity contribution < 1.29 is 9.53 Å². The number of nitrogens with two attached hydrogens (primary N) is 1. The lowest BCUT2D eigenvalue weighted by Gasteiger charge is -2.36. The van der Waals surface area contributed by atoms with Crippen molar-refractivity contribution in [2.45, 2.75) is 63.5 Å². The van der Waals surface area contributed by atoms with Crippen LogP contribution in [0.5, 0.6) is 0 Å². The average Bonchev–Trinajstić information content (AvgIpc) is 2.86. The highest BCUT2D eigenvalue weighted by Gasteiger charge is 2.44. The molecular weight excluding hydrogens is 260 g/mol. The maximum Gasteiger partial charge on any atom is 0.233 e. The van der Waals surface area contributed by atoms with E-state index >= 15 is 0 Å². The van der Waals surface area contributed by atoms with Gasteiger partial charge in [0.1, 0.15) is 0 Å². The minimum Gasteiger partial charge on any atom is -0.392 e. The minimum atomic E-state index is -0.617. The molecule has 0 spiro atoms. The first-order valence-corrected chi connectivity index (χ1v) is 7.64. The van der Waals surface area contributed by atoms with E-state index in [-0.39, 0.29) is 18.1 Å². The van der Waals surface area contributed by atoms with Gasteiger partial charge in [0, 0.05) is 7.11 Å². The van der Waals surface area contributed by atoms with Crippen LogP contribution < -0.4 is 11.1 Å². The molecule has 108 valence electrons. The van der Waals surface area contributed by atoms with E-state index in [4.69, 9.17) is 22.7 Å². The summed E-state index contributed by atoms with van der Waals surface area (Å²) >= 11 is 5.19. The molecule has 0 aromatic heterocycles. The van der Waals surface area contributed by atoms with Gasteiger partial charge in [-0.15, -0.1) is 0 Å². The Kier molecular flexibility index (Phi) is 4.79. The molecule has 0 radical (unpaired) electrons. The number of thiocarbonyl (C=S) groups is 1. The van der Waals surface area contributed by atoms with E-state index in [1.54, 1.807) is 7.11 Å². The van der Waals surface area contributed by atoms with Crippen molar-refractivity contribution in [2.24, 2.45) is 11.1 Å². The number of amides is 1. The average molecular weight is 284 g/mol. The molecule has 2 fully saturated rings. The molecule has 2 atom stereocenters. The van der Waals surface area contributed by atoms with Crippen molar-refractivity contribution >= 4 is 23.1 Å². The molecule has 5 heteroatoms. The summed E-state index contributed by atoms with van der Waals surface area (Å²) in [6.07, 6.45) is 8.05. The molecule has 19 heavy (non-hydrogen) atoms. The molecule has 0 aromatic carbocycles. The summed E-state index contributed by atoms with van der Waals surface area (Å²) in [7, 11) is 1.71. The van der Waals surface area contributed by atoms with E-state index in [2.05, 4.69) is 5.32 Å². The van der Waals surface area contributed by atoms with E-state index < -0.39 is 5.41 Å². The number of carbonyl (C=O) groups excluding carboxylic acids is 1. The van der Waals surface area contributed by atoms with Gasteiger partial charge in [-0.3, -0.25) is 4.79 Å². The molecule has 2 unspecified atom stereocenters. The van der Waals surface area contributed by atoms with E-state index in [9.17, 15) is 4.79 Å². The highest BCUT2D eigenvalue weighted by atomic mass is 32.1. The van der Waals surface area contributed by atoms with Crippen LogP contribution in [0.1, 0.15) is 51.4 Å². The van der Waals surface area contributed by atoms with Crippen molar-refractivity contribution in [3.8, 4) is 0 Å². The van der Waals surface area contributed by atoms with Crippen molar-refractivity contribution in [1.82, 2.24) is 5.32 Å². The number of ether oxygens (including phenoxy) is 1. The molecule has 2 aliphatic carbocycles. The van der Waals surface area contributed by atoms with Gasteiger partial charge in [0.05, 0.1) is 22.5 Å². The number of rotatable bonds is 4. The van der Waals surface area contributed by atoms with Gasteiger partial charge in [-0.1, -0.05) is 31.5 Å². The third-order valence-corrected chi connectivity index (χ3v) is 5.08. The van der Waals surface area contributed by atoms with Crippen LogP contribution in [0.4, 0.5) is 0 Å². The van der Waals surface area contributed by atoms with Crippen LogP contribution in [-0.4, -0.2) is 30.2 Å². The molecule has 2 aliphatic rings. The Morgan fingerprint density at radius 2 is 1.95 bits per heavy atom. The molecule has 3 N–H and O–H groups in total. The number of hydrogen-bond donors (Lipinski definition) is 2. The van der Waals surface area contributed by atoms with Crippen LogP contribution in [0.2, 0.25) is 0 Å². The molecule has 1 amide bonds. The summed E-state index contributed by atoms with van der Waals surface area (Å²) in [5.41, 5.74) is 5.27. The number of carbonyl (C=O) groups is 1. The van der Waals surface area contributed by atoms with Crippen molar-refractivity contribution in [2.75, 3.05) is 7.11 Å². The van der Waals surface area contributed by atoms with Crippen molar-refractivity contribution in [3.05, 3.63) is 0 Å². The Balaban J connectivity index is 2.05. The zero-order chi connectivity index (χ0) is 13.9. The van der Waals surface area contributed by atoms with Crippen LogP contribution in [0.25, 0.3) is 0 Å². The third-order valence-electron chi connectivity index (χ3n) is 4.69. The first-order valence-electron chi connectivity index (χ1n) is 7.24. The summed E-state index contributed by atoms with van der Waals surface area (Å²) in [5, 5.41) is 3.14. The van der Waals surface area contributed by atoms with Gasteiger partial charge in [0.2, 0.25) is 5.91 Å². The standard InChI is InChI=1S/C14H24N2O2S/c1-18-11-7-5-6-10(11)16-13(17)14(12(15)19)8-3-2-4-9-14/h10-11H,2-9H2,1H3,(H2,15,19)(H,16,17). The van der Waals surface area contributed by atoms with Gasteiger partial charge in [-0.2, -0.15) is 0 Å². The minimum absolute atomic E-state index is 0.0219. The zero-order valence-electron chi connectivity index (χ0n) is 11.6. The second-order valence-electron chi connectivity index (χ2n) is 5.79. The lowest BCUT2D eigenvalue weighted by Crippen LogP contribution is -2.54. The highest BCUT2D eigenvalue weighted by Crippen LogP contribution is 2.37. The molecule has 0 aromatic rings. The zero-order valence-corrected chi connectivity index (χ0v) is 12.4. The monoisotopic (exact) mass is 284 g/mol. The Bertz CT molecular complexity index is 353. The maximum atomic E-state index is 12.6. The fourth-order valence-corrected chi connectivity index (χ4v) is 3.72. The Hall–Kier alpha value is -0.680. The molecular formula is C14H24N2O2S. The summed E-state index contributed by atoms with van der Waals surface area (Å²) in [4.78, 5) is 13.0. The Morgan fingerprint density at radius 3 is 2.53 bits per heavy atom. The van der Waals surface area contributed by atoms with Gasteiger partial charge in [-0.05, 0) is 32.1 Å². The van der Waals surface area contributed by atoms with Crippen LogP contribution >= 0.6 is 12.2 Å². The van der Waals surface area contributed by atoms with Crippen molar-refractivity contribution in [1.29, 1.82) is 0 Å². The topological polar surface area (TPSA) is 64.3 Å². The molecule has 4 nitrogen and oxygen atoms in total. The SMILES string of the molecule is COC1CCCC1NC(=O)C1(C(N)=S)CCCCC1. The van der Waals surface area contributed by atoms with Crippen LogP contribution in [-0.2, 0) is 9.53 Å². The highest BCUT2D eigenvalue weighted by molar-refractivity contribution is 7.80. The quantitative estimate of drug-likeness (QED) is 0.774. The molecule has 2 saturated carbocycles. The van der Waals surface area contributed by atoms with Gasteiger partial charge in [0.15, 0.2) is 0 Å². The van der Waals surface area contributed by atoms with E-state index in [0.29, 0.717) is 4.99 Å². The molecule has 2 rings (SSSR count). The Morgan fingerprint density at radius 1 is 1.26 bits per heavy atom. The number of hydrogen-bond acceptors (Lipinski definition) is 3. The first-order chi connectivity index (χ1) is 9.10. The summed E-state index contributed by atoms with van der Waals surface area (Å²) < 4.78 is 5.43. The summed E-state index contributed by atoms with van der Waals surface area (Å²) in [6.45, 7) is 0. The largest absolute Gasteiger partial charge is 0.392 e. The van der Waals surface area contributed by atoms with Gasteiger partial charge >= 0.3 is 0 Å². The predicted molar refractivity (Wildman–Crippen MR) is 78.9 cm³/mol. The van der Waals surface area contributed by atoms with Gasteiger partial charge < -0.3 is 15.8 Å².